The fraction of sp³-hybridized carbons (Fsp3) is 0.562. The van der Waals surface area contributed by atoms with Gasteiger partial charge in [-0.2, -0.15) is 0 Å². The summed E-state index contributed by atoms with van der Waals surface area (Å²) in [6.45, 7) is 4.30. The van der Waals surface area contributed by atoms with Crippen molar-refractivity contribution in [1.82, 2.24) is 4.90 Å². The summed E-state index contributed by atoms with van der Waals surface area (Å²) in [6, 6.07) is 5.95. The molecule has 2 rings (SSSR count). The van der Waals surface area contributed by atoms with Crippen LogP contribution in [0, 0.1) is 5.92 Å². The molecule has 8 heteroatoms. The first-order valence-electron chi connectivity index (χ1n) is 8.02. The van der Waals surface area contributed by atoms with Crippen molar-refractivity contribution in [2.45, 2.75) is 24.7 Å². The molecule has 0 amide bonds. The Morgan fingerprint density at radius 3 is 2.50 bits per heavy atom. The van der Waals surface area contributed by atoms with Gasteiger partial charge in [-0.05, 0) is 49.9 Å². The number of ether oxygens (including phenoxy) is 2. The van der Waals surface area contributed by atoms with E-state index in [1.807, 2.05) is 4.90 Å². The number of hydrogen-bond donors (Lipinski definition) is 1. The van der Waals surface area contributed by atoms with Crippen LogP contribution < -0.4 is 9.88 Å². The molecule has 7 nitrogen and oxygen atoms in total. The Labute approximate surface area is 142 Å². The number of nitrogens with two attached hydrogens (primary N) is 1. The Morgan fingerprint density at radius 1 is 1.29 bits per heavy atom. The van der Waals surface area contributed by atoms with Gasteiger partial charge in [0.1, 0.15) is 12.4 Å². The summed E-state index contributed by atoms with van der Waals surface area (Å²) in [5.74, 6) is 0.994. The molecule has 0 unspecified atom stereocenters. The van der Waals surface area contributed by atoms with Gasteiger partial charge in [-0.3, -0.25) is 9.69 Å². The molecule has 1 aliphatic rings. The number of primary sulfonamides is 1. The van der Waals surface area contributed by atoms with E-state index in [0.29, 0.717) is 31.4 Å². The molecule has 0 bridgehead atoms. The first kappa shape index (κ1) is 18.7. The zero-order chi connectivity index (χ0) is 17.6. The molecule has 1 aromatic carbocycles. The lowest BCUT2D eigenvalue weighted by molar-refractivity contribution is -0.144. The highest BCUT2D eigenvalue weighted by atomic mass is 32.2. The quantitative estimate of drug-likeness (QED) is 0.628. The minimum atomic E-state index is -3.69. The number of carbonyl (C=O) groups excluding carboxylic acids is 1. The standard InChI is InChI=1S/C16H24N2O5S/c1-2-22-16(19)12-18(11-13-3-4-13)9-10-23-14-5-7-15(8-6-14)24(17,20)21/h5-8,13H,2-4,9-12H2,1H3,(H2,17,20,21). The van der Waals surface area contributed by atoms with Crippen molar-refractivity contribution >= 4 is 16.0 Å². The van der Waals surface area contributed by atoms with Crippen LogP contribution in [0.4, 0.5) is 0 Å². The Hall–Kier alpha value is -1.64. The molecule has 1 saturated carbocycles. The summed E-state index contributed by atoms with van der Waals surface area (Å²) in [4.78, 5) is 13.7. The van der Waals surface area contributed by atoms with Crippen LogP contribution >= 0.6 is 0 Å². The van der Waals surface area contributed by atoms with E-state index in [0.717, 1.165) is 6.54 Å². The van der Waals surface area contributed by atoms with Gasteiger partial charge in [-0.25, -0.2) is 13.6 Å². The van der Waals surface area contributed by atoms with E-state index < -0.39 is 10.0 Å². The van der Waals surface area contributed by atoms with Gasteiger partial charge in [0, 0.05) is 13.1 Å². The van der Waals surface area contributed by atoms with Crippen molar-refractivity contribution in [2.75, 3.05) is 32.8 Å². The van der Waals surface area contributed by atoms with Crippen LogP contribution in [0.3, 0.4) is 0 Å². The maximum Gasteiger partial charge on any atom is 0.320 e. The number of sulfonamides is 1. The Kier molecular flexibility index (Phi) is 6.59. The normalized spacial score (nSPS) is 14.6. The van der Waals surface area contributed by atoms with Crippen molar-refractivity contribution in [3.05, 3.63) is 24.3 Å². The van der Waals surface area contributed by atoms with Gasteiger partial charge in [0.25, 0.3) is 0 Å². The van der Waals surface area contributed by atoms with Crippen molar-refractivity contribution in [3.8, 4) is 5.75 Å². The van der Waals surface area contributed by atoms with Crippen molar-refractivity contribution < 1.29 is 22.7 Å². The monoisotopic (exact) mass is 356 g/mol. The SMILES string of the molecule is CCOC(=O)CN(CCOc1ccc(S(N)(=O)=O)cc1)CC1CC1. The van der Waals surface area contributed by atoms with E-state index in [4.69, 9.17) is 14.6 Å². The van der Waals surface area contributed by atoms with Crippen LogP contribution in [-0.2, 0) is 19.6 Å². The largest absolute Gasteiger partial charge is 0.492 e. The zero-order valence-electron chi connectivity index (χ0n) is 13.8. The average molecular weight is 356 g/mol. The van der Waals surface area contributed by atoms with E-state index in [1.54, 1.807) is 19.1 Å². The molecule has 0 aromatic heterocycles. The number of esters is 1. The minimum absolute atomic E-state index is 0.0486. The number of hydrogen-bond acceptors (Lipinski definition) is 6. The van der Waals surface area contributed by atoms with E-state index >= 15 is 0 Å². The van der Waals surface area contributed by atoms with Gasteiger partial charge in [0.05, 0.1) is 18.0 Å². The van der Waals surface area contributed by atoms with E-state index in [2.05, 4.69) is 0 Å². The van der Waals surface area contributed by atoms with Crippen molar-refractivity contribution in [2.24, 2.45) is 11.1 Å². The smallest absolute Gasteiger partial charge is 0.320 e. The van der Waals surface area contributed by atoms with Gasteiger partial charge >= 0.3 is 5.97 Å². The second-order valence-corrected chi connectivity index (χ2v) is 7.41. The van der Waals surface area contributed by atoms with E-state index in [9.17, 15) is 13.2 Å². The summed E-state index contributed by atoms with van der Waals surface area (Å²) in [5, 5.41) is 5.05. The molecule has 1 fully saturated rings. The number of rotatable bonds is 10. The van der Waals surface area contributed by atoms with Gasteiger partial charge in [-0.15, -0.1) is 0 Å². The van der Waals surface area contributed by atoms with Gasteiger partial charge in [-0.1, -0.05) is 0 Å². The van der Waals surface area contributed by atoms with Crippen molar-refractivity contribution in [3.63, 3.8) is 0 Å². The maximum absolute atomic E-state index is 11.6. The first-order valence-corrected chi connectivity index (χ1v) is 9.56. The lowest BCUT2D eigenvalue weighted by atomic mass is 10.3. The number of nitrogens with zero attached hydrogens (tertiary/aromatic N) is 1. The number of carbonyl (C=O) groups is 1. The molecule has 0 heterocycles. The Morgan fingerprint density at radius 2 is 1.96 bits per heavy atom. The molecule has 134 valence electrons. The summed E-state index contributed by atoms with van der Waals surface area (Å²) < 4.78 is 33.0. The fourth-order valence-electron chi connectivity index (χ4n) is 2.31. The third-order valence-electron chi connectivity index (χ3n) is 3.70. The fourth-order valence-corrected chi connectivity index (χ4v) is 2.82. The highest BCUT2D eigenvalue weighted by molar-refractivity contribution is 7.89. The summed E-state index contributed by atoms with van der Waals surface area (Å²) >= 11 is 0. The van der Waals surface area contributed by atoms with Crippen LogP contribution in [0.5, 0.6) is 5.75 Å². The van der Waals surface area contributed by atoms with Gasteiger partial charge in [0.15, 0.2) is 0 Å². The van der Waals surface area contributed by atoms with E-state index in [1.165, 1.54) is 25.0 Å². The van der Waals surface area contributed by atoms with Crippen LogP contribution in [0.15, 0.2) is 29.2 Å². The molecule has 0 atom stereocenters. The molecule has 0 spiro atoms. The molecule has 24 heavy (non-hydrogen) atoms. The molecule has 2 N–H and O–H groups in total. The number of benzene rings is 1. The van der Waals surface area contributed by atoms with Crippen LogP contribution in [0.1, 0.15) is 19.8 Å². The molecular formula is C16H24N2O5S. The predicted molar refractivity (Wildman–Crippen MR) is 89.1 cm³/mol. The topological polar surface area (TPSA) is 98.9 Å². The lowest BCUT2D eigenvalue weighted by Gasteiger charge is -2.21. The summed E-state index contributed by atoms with van der Waals surface area (Å²) in [7, 11) is -3.69. The molecule has 0 aliphatic heterocycles. The Bertz CT molecular complexity index is 641. The first-order chi connectivity index (χ1) is 11.4. The molecule has 1 aliphatic carbocycles. The molecule has 0 radical (unpaired) electrons. The van der Waals surface area contributed by atoms with Crippen LogP contribution in [-0.4, -0.2) is 52.1 Å². The van der Waals surface area contributed by atoms with Crippen LogP contribution in [0.25, 0.3) is 0 Å². The molecular weight excluding hydrogens is 332 g/mol. The van der Waals surface area contributed by atoms with Crippen LogP contribution in [0.2, 0.25) is 0 Å². The van der Waals surface area contributed by atoms with Gasteiger partial charge < -0.3 is 9.47 Å². The molecule has 1 aromatic rings. The average Bonchev–Trinajstić information content (AvgIpc) is 3.31. The third-order valence-corrected chi connectivity index (χ3v) is 4.63. The zero-order valence-corrected chi connectivity index (χ0v) is 14.6. The Balaban J connectivity index is 1.81. The predicted octanol–water partition coefficient (Wildman–Crippen LogP) is 0.988. The second kappa shape index (κ2) is 8.46. The summed E-state index contributed by atoms with van der Waals surface area (Å²) in [5.41, 5.74) is 0. The minimum Gasteiger partial charge on any atom is -0.492 e. The van der Waals surface area contributed by atoms with Gasteiger partial charge in [0.2, 0.25) is 10.0 Å². The highest BCUT2D eigenvalue weighted by Crippen LogP contribution is 2.29. The van der Waals surface area contributed by atoms with E-state index in [-0.39, 0.29) is 17.4 Å². The third kappa shape index (κ3) is 6.46. The lowest BCUT2D eigenvalue weighted by Crippen LogP contribution is -2.35. The van der Waals surface area contributed by atoms with Crippen molar-refractivity contribution in [1.29, 1.82) is 0 Å². The maximum atomic E-state index is 11.6. The second-order valence-electron chi connectivity index (χ2n) is 5.85. The molecule has 0 saturated heterocycles. The summed E-state index contributed by atoms with van der Waals surface area (Å²) in [6.07, 6.45) is 2.41. The highest BCUT2D eigenvalue weighted by Gasteiger charge is 2.25.